The van der Waals surface area contributed by atoms with Gasteiger partial charge in [-0.05, 0) is 36.8 Å². The van der Waals surface area contributed by atoms with Crippen LogP contribution in [0.25, 0.3) is 0 Å². The molecule has 2 aromatic rings. The van der Waals surface area contributed by atoms with Crippen LogP contribution < -0.4 is 15.0 Å². The van der Waals surface area contributed by atoms with Crippen LogP contribution in [-0.4, -0.2) is 43.3 Å². The number of methoxy groups -OCH3 is 1. The Morgan fingerprint density at radius 3 is 2.45 bits per heavy atom. The van der Waals surface area contributed by atoms with Crippen molar-refractivity contribution in [2.45, 2.75) is 19.6 Å². The molecule has 0 bridgehead atoms. The fourth-order valence-electron chi connectivity index (χ4n) is 2.90. The summed E-state index contributed by atoms with van der Waals surface area (Å²) in [4.78, 5) is 49.5. The van der Waals surface area contributed by atoms with E-state index in [1.807, 2.05) is 12.1 Å². The molecule has 3 rings (SSSR count). The average molecular weight is 396 g/mol. The van der Waals surface area contributed by atoms with E-state index in [1.165, 1.54) is 13.0 Å². The molecule has 8 heteroatoms. The third-order valence-electron chi connectivity index (χ3n) is 4.47. The van der Waals surface area contributed by atoms with Crippen LogP contribution in [-0.2, 0) is 25.7 Å². The largest absolute Gasteiger partial charge is 0.497 e. The SMILES string of the molecule is COc1ccc(CNC(=O)[C@H](C)OC(=O)CN2C(=O)C(=O)c3ccccc32)cc1. The molecule has 0 saturated heterocycles. The smallest absolute Gasteiger partial charge is 0.326 e. The van der Waals surface area contributed by atoms with Crippen LogP contribution in [0.1, 0.15) is 22.8 Å². The summed E-state index contributed by atoms with van der Waals surface area (Å²) in [6.07, 6.45) is -1.05. The zero-order valence-electron chi connectivity index (χ0n) is 16.0. The molecule has 150 valence electrons. The van der Waals surface area contributed by atoms with Gasteiger partial charge < -0.3 is 14.8 Å². The number of hydrogen-bond donors (Lipinski definition) is 1. The lowest BCUT2D eigenvalue weighted by molar-refractivity contribution is -0.153. The molecule has 0 fully saturated rings. The van der Waals surface area contributed by atoms with Crippen molar-refractivity contribution in [2.24, 2.45) is 0 Å². The Morgan fingerprint density at radius 1 is 1.07 bits per heavy atom. The third kappa shape index (κ3) is 4.43. The van der Waals surface area contributed by atoms with E-state index in [0.717, 1.165) is 10.5 Å². The van der Waals surface area contributed by atoms with E-state index in [1.54, 1.807) is 37.4 Å². The minimum Gasteiger partial charge on any atom is -0.497 e. The van der Waals surface area contributed by atoms with E-state index in [-0.39, 0.29) is 12.1 Å². The fourth-order valence-corrected chi connectivity index (χ4v) is 2.90. The third-order valence-corrected chi connectivity index (χ3v) is 4.47. The Labute approximate surface area is 167 Å². The predicted molar refractivity (Wildman–Crippen MR) is 104 cm³/mol. The van der Waals surface area contributed by atoms with Crippen LogP contribution >= 0.6 is 0 Å². The van der Waals surface area contributed by atoms with Crippen molar-refractivity contribution in [2.75, 3.05) is 18.6 Å². The van der Waals surface area contributed by atoms with Gasteiger partial charge in [-0.3, -0.25) is 24.1 Å². The number of ketones is 1. The fraction of sp³-hybridized carbons (Fsp3) is 0.238. The van der Waals surface area contributed by atoms with Crippen molar-refractivity contribution >= 4 is 29.3 Å². The Bertz CT molecular complexity index is 954. The lowest BCUT2D eigenvalue weighted by Crippen LogP contribution is -2.40. The lowest BCUT2D eigenvalue weighted by Gasteiger charge is -2.18. The van der Waals surface area contributed by atoms with Crippen LogP contribution in [0.3, 0.4) is 0 Å². The summed E-state index contributed by atoms with van der Waals surface area (Å²) in [6.45, 7) is 1.25. The molecule has 0 aliphatic carbocycles. The Hall–Kier alpha value is -3.68. The zero-order valence-corrected chi connectivity index (χ0v) is 16.0. The number of esters is 1. The molecule has 0 radical (unpaired) electrons. The second-order valence-corrected chi connectivity index (χ2v) is 6.44. The number of carbonyl (C=O) groups is 4. The van der Waals surface area contributed by atoms with Gasteiger partial charge in [0.2, 0.25) is 0 Å². The average Bonchev–Trinajstić information content (AvgIpc) is 2.97. The molecule has 2 aromatic carbocycles. The van der Waals surface area contributed by atoms with Crippen molar-refractivity contribution in [3.63, 3.8) is 0 Å². The molecule has 1 aliphatic rings. The van der Waals surface area contributed by atoms with Crippen LogP contribution in [0.2, 0.25) is 0 Å². The number of Topliss-reactive ketones (excluding diaryl/α,β-unsaturated/α-hetero) is 1. The van der Waals surface area contributed by atoms with Gasteiger partial charge in [-0.25, -0.2) is 0 Å². The number of hydrogen-bond acceptors (Lipinski definition) is 6. The van der Waals surface area contributed by atoms with E-state index in [0.29, 0.717) is 11.4 Å². The number of amides is 2. The minimum atomic E-state index is -1.05. The topological polar surface area (TPSA) is 102 Å². The maximum absolute atomic E-state index is 12.2. The first kappa shape index (κ1) is 20.1. The Kier molecular flexibility index (Phi) is 5.92. The second kappa shape index (κ2) is 8.55. The number of carbonyl (C=O) groups excluding carboxylic acids is 4. The van der Waals surface area contributed by atoms with Crippen LogP contribution in [0.4, 0.5) is 5.69 Å². The van der Waals surface area contributed by atoms with Crippen LogP contribution in [0.15, 0.2) is 48.5 Å². The highest BCUT2D eigenvalue weighted by atomic mass is 16.5. The highest BCUT2D eigenvalue weighted by Gasteiger charge is 2.37. The summed E-state index contributed by atoms with van der Waals surface area (Å²) in [6, 6.07) is 13.6. The first-order valence-electron chi connectivity index (χ1n) is 8.96. The molecule has 1 aliphatic heterocycles. The molecule has 0 saturated carbocycles. The van der Waals surface area contributed by atoms with E-state index in [4.69, 9.17) is 9.47 Å². The molecule has 1 heterocycles. The van der Waals surface area contributed by atoms with Crippen LogP contribution in [0, 0.1) is 0 Å². The molecule has 29 heavy (non-hydrogen) atoms. The Morgan fingerprint density at radius 2 is 1.76 bits per heavy atom. The summed E-state index contributed by atoms with van der Waals surface area (Å²) in [7, 11) is 1.57. The van der Waals surface area contributed by atoms with Gasteiger partial charge >= 0.3 is 5.97 Å². The predicted octanol–water partition coefficient (Wildman–Crippen LogP) is 1.47. The van der Waals surface area contributed by atoms with Crippen molar-refractivity contribution in [3.8, 4) is 5.75 Å². The van der Waals surface area contributed by atoms with Gasteiger partial charge in [0.1, 0.15) is 12.3 Å². The summed E-state index contributed by atoms with van der Waals surface area (Å²) in [5, 5.41) is 2.68. The molecule has 0 unspecified atom stereocenters. The van der Waals surface area contributed by atoms with E-state index in [2.05, 4.69) is 5.32 Å². The lowest BCUT2D eigenvalue weighted by atomic mass is 10.1. The number of ether oxygens (including phenoxy) is 2. The van der Waals surface area contributed by atoms with Crippen LogP contribution in [0.5, 0.6) is 5.75 Å². The second-order valence-electron chi connectivity index (χ2n) is 6.44. The van der Waals surface area contributed by atoms with Gasteiger partial charge in [0, 0.05) is 6.54 Å². The maximum atomic E-state index is 12.2. The molecule has 1 atom stereocenters. The minimum absolute atomic E-state index is 0.246. The normalized spacial score (nSPS) is 13.7. The molecule has 2 amide bonds. The van der Waals surface area contributed by atoms with E-state index in [9.17, 15) is 19.2 Å². The van der Waals surface area contributed by atoms with Gasteiger partial charge in [0.15, 0.2) is 6.10 Å². The number of anilines is 1. The number of rotatable bonds is 7. The van der Waals surface area contributed by atoms with Gasteiger partial charge in [0.05, 0.1) is 18.4 Å². The first-order chi connectivity index (χ1) is 13.9. The van der Waals surface area contributed by atoms with E-state index >= 15 is 0 Å². The number of nitrogens with one attached hydrogen (secondary N) is 1. The summed E-state index contributed by atoms with van der Waals surface area (Å²) >= 11 is 0. The van der Waals surface area contributed by atoms with Gasteiger partial charge in [-0.1, -0.05) is 24.3 Å². The van der Waals surface area contributed by atoms with Crippen molar-refractivity contribution in [1.29, 1.82) is 0 Å². The molecular formula is C21H20N2O6. The molecule has 0 spiro atoms. The molecular weight excluding hydrogens is 376 g/mol. The van der Waals surface area contributed by atoms with Crippen molar-refractivity contribution in [3.05, 3.63) is 59.7 Å². The molecule has 1 N–H and O–H groups in total. The number of benzene rings is 2. The standard InChI is InChI=1S/C21H20N2O6/c1-13(20(26)22-11-14-7-9-15(28-2)10-8-14)29-18(24)12-23-17-6-4-3-5-16(17)19(25)21(23)27/h3-10,13H,11-12H2,1-2H3,(H,22,26)/t13-/m0/s1. The number of nitrogens with zero attached hydrogens (tertiary/aromatic N) is 1. The maximum Gasteiger partial charge on any atom is 0.326 e. The summed E-state index contributed by atoms with van der Waals surface area (Å²) in [5.41, 5.74) is 1.46. The summed E-state index contributed by atoms with van der Waals surface area (Å²) in [5.74, 6) is -2.01. The van der Waals surface area contributed by atoms with Crippen molar-refractivity contribution in [1.82, 2.24) is 5.32 Å². The molecule has 0 aromatic heterocycles. The van der Waals surface area contributed by atoms with Gasteiger partial charge in [-0.15, -0.1) is 0 Å². The number of para-hydroxylation sites is 1. The Balaban J connectivity index is 1.53. The number of fused-ring (bicyclic) bond motifs is 1. The highest BCUT2D eigenvalue weighted by molar-refractivity contribution is 6.52. The van der Waals surface area contributed by atoms with Crippen molar-refractivity contribution < 1.29 is 28.7 Å². The van der Waals surface area contributed by atoms with E-state index < -0.39 is 36.2 Å². The summed E-state index contributed by atoms with van der Waals surface area (Å²) < 4.78 is 10.2. The first-order valence-corrected chi connectivity index (χ1v) is 8.96. The van der Waals surface area contributed by atoms with Gasteiger partial charge in [-0.2, -0.15) is 0 Å². The van der Waals surface area contributed by atoms with Gasteiger partial charge in [0.25, 0.3) is 17.6 Å². The zero-order chi connectivity index (χ0) is 21.0. The molecule has 8 nitrogen and oxygen atoms in total. The highest BCUT2D eigenvalue weighted by Crippen LogP contribution is 2.28. The monoisotopic (exact) mass is 396 g/mol. The quantitative estimate of drug-likeness (QED) is 0.562.